The molecule has 0 radical (unpaired) electrons. The predicted molar refractivity (Wildman–Crippen MR) is 91.5 cm³/mol. The molecule has 1 saturated carbocycles. The Bertz CT molecular complexity index is 673. The molecule has 1 N–H and O–H groups in total. The van der Waals surface area contributed by atoms with Crippen LogP contribution in [-0.4, -0.2) is 26.8 Å². The molecule has 0 aliphatic heterocycles. The molecule has 0 aromatic carbocycles. The summed E-state index contributed by atoms with van der Waals surface area (Å²) < 4.78 is 7.39. The number of hydrogen-bond donors (Lipinski definition) is 1. The lowest BCUT2D eigenvalue weighted by atomic mass is 10.2. The van der Waals surface area contributed by atoms with E-state index in [0.29, 0.717) is 12.1 Å². The van der Waals surface area contributed by atoms with Crippen LogP contribution in [0.3, 0.4) is 0 Å². The second kappa shape index (κ2) is 6.71. The molecule has 1 aliphatic carbocycles. The Kier molecular flexibility index (Phi) is 4.64. The number of amides is 2. The highest BCUT2D eigenvalue weighted by molar-refractivity contribution is 5.76. The Morgan fingerprint density at radius 1 is 1.38 bits per heavy atom. The van der Waals surface area contributed by atoms with Crippen molar-refractivity contribution in [2.45, 2.75) is 64.7 Å². The van der Waals surface area contributed by atoms with Gasteiger partial charge in [-0.15, -0.1) is 0 Å². The molecule has 1 aliphatic rings. The van der Waals surface area contributed by atoms with Crippen LogP contribution in [0.1, 0.15) is 70.0 Å². The maximum Gasteiger partial charge on any atom is 0.318 e. The highest BCUT2D eigenvalue weighted by atomic mass is 16.3. The maximum absolute atomic E-state index is 12.8. The van der Waals surface area contributed by atoms with Crippen molar-refractivity contribution >= 4 is 6.03 Å². The minimum atomic E-state index is -0.0879. The summed E-state index contributed by atoms with van der Waals surface area (Å²) in [6.07, 6.45) is 7.57. The van der Waals surface area contributed by atoms with E-state index in [0.717, 1.165) is 24.2 Å². The number of furan rings is 1. The summed E-state index contributed by atoms with van der Waals surface area (Å²) in [5.41, 5.74) is 1.01. The molecule has 1 fully saturated rings. The number of aromatic nitrogens is 2. The number of urea groups is 1. The first-order valence-electron chi connectivity index (χ1n) is 8.63. The Labute approximate surface area is 142 Å². The third kappa shape index (κ3) is 3.47. The number of carbonyl (C=O) groups is 1. The molecule has 2 aromatic heterocycles. The van der Waals surface area contributed by atoms with E-state index in [4.69, 9.17) is 4.42 Å². The van der Waals surface area contributed by atoms with Gasteiger partial charge in [0.25, 0.3) is 0 Å². The van der Waals surface area contributed by atoms with Gasteiger partial charge in [-0.1, -0.05) is 0 Å². The maximum atomic E-state index is 12.8. The largest absolute Gasteiger partial charge is 0.467 e. The summed E-state index contributed by atoms with van der Waals surface area (Å²) in [7, 11) is 0. The lowest BCUT2D eigenvalue weighted by Gasteiger charge is -2.29. The van der Waals surface area contributed by atoms with Gasteiger partial charge in [0.15, 0.2) is 0 Å². The fourth-order valence-corrected chi connectivity index (χ4v) is 2.88. The van der Waals surface area contributed by atoms with Crippen molar-refractivity contribution in [1.29, 1.82) is 0 Å². The van der Waals surface area contributed by atoms with Crippen LogP contribution in [0.4, 0.5) is 4.79 Å². The summed E-state index contributed by atoms with van der Waals surface area (Å²) in [5, 5.41) is 7.45. The number of hydrogen-bond acceptors (Lipinski definition) is 3. The van der Waals surface area contributed by atoms with Crippen LogP contribution in [0.25, 0.3) is 0 Å². The van der Waals surface area contributed by atoms with Gasteiger partial charge in [-0.3, -0.25) is 4.68 Å². The number of nitrogens with zero attached hydrogens (tertiary/aromatic N) is 3. The molecule has 0 saturated heterocycles. The highest BCUT2D eigenvalue weighted by Gasteiger charge is 2.37. The third-order valence-corrected chi connectivity index (χ3v) is 4.54. The van der Waals surface area contributed by atoms with Gasteiger partial charge in [-0.25, -0.2) is 4.79 Å². The summed E-state index contributed by atoms with van der Waals surface area (Å²) in [6, 6.07) is 4.18. The predicted octanol–water partition coefficient (Wildman–Crippen LogP) is 4.05. The topological polar surface area (TPSA) is 63.3 Å². The van der Waals surface area contributed by atoms with E-state index in [1.54, 1.807) is 6.26 Å². The van der Waals surface area contributed by atoms with Gasteiger partial charge in [0.1, 0.15) is 5.76 Å². The molecule has 0 spiro atoms. The van der Waals surface area contributed by atoms with E-state index >= 15 is 0 Å². The molecule has 3 rings (SSSR count). The Morgan fingerprint density at radius 3 is 2.67 bits per heavy atom. The second-order valence-corrected chi connectivity index (χ2v) is 6.85. The summed E-state index contributed by atoms with van der Waals surface area (Å²) in [5.74, 6) is 0.817. The van der Waals surface area contributed by atoms with Crippen molar-refractivity contribution in [1.82, 2.24) is 20.0 Å². The van der Waals surface area contributed by atoms with Crippen LogP contribution in [0.5, 0.6) is 0 Å². The van der Waals surface area contributed by atoms with E-state index in [1.807, 2.05) is 48.0 Å². The quantitative estimate of drug-likeness (QED) is 0.869. The summed E-state index contributed by atoms with van der Waals surface area (Å²) in [4.78, 5) is 14.7. The third-order valence-electron chi connectivity index (χ3n) is 4.54. The summed E-state index contributed by atoms with van der Waals surface area (Å²) >= 11 is 0. The standard InChI is InChI=1S/C18H26N4O2/c1-12(2)21-11-15(10-19-21)13(3)20-18(23)22(16-7-8-16)14(4)17-6-5-9-24-17/h5-6,9-14,16H,7-8H2,1-4H3,(H,20,23). The average molecular weight is 330 g/mol. The summed E-state index contributed by atoms with van der Waals surface area (Å²) in [6.45, 7) is 8.17. The van der Waals surface area contributed by atoms with E-state index in [2.05, 4.69) is 24.3 Å². The smallest absolute Gasteiger partial charge is 0.318 e. The van der Waals surface area contributed by atoms with Crippen molar-refractivity contribution in [3.8, 4) is 0 Å². The molecule has 6 heteroatoms. The number of nitrogens with one attached hydrogen (secondary N) is 1. The molecule has 2 amide bonds. The van der Waals surface area contributed by atoms with Crippen molar-refractivity contribution in [2.75, 3.05) is 0 Å². The average Bonchev–Trinajstić information content (AvgIpc) is 3.07. The molecule has 2 heterocycles. The lowest BCUT2D eigenvalue weighted by molar-refractivity contribution is 0.163. The fourth-order valence-electron chi connectivity index (χ4n) is 2.88. The van der Waals surface area contributed by atoms with Crippen molar-refractivity contribution in [3.05, 3.63) is 42.1 Å². The van der Waals surface area contributed by atoms with Gasteiger partial charge < -0.3 is 14.6 Å². The molecule has 2 unspecified atom stereocenters. The van der Waals surface area contributed by atoms with Gasteiger partial charge in [0.05, 0.1) is 24.5 Å². The van der Waals surface area contributed by atoms with Crippen molar-refractivity contribution < 1.29 is 9.21 Å². The van der Waals surface area contributed by atoms with Crippen LogP contribution in [0, 0.1) is 0 Å². The van der Waals surface area contributed by atoms with Crippen LogP contribution in [-0.2, 0) is 0 Å². The minimum Gasteiger partial charge on any atom is -0.467 e. The molecule has 24 heavy (non-hydrogen) atoms. The second-order valence-electron chi connectivity index (χ2n) is 6.85. The Balaban J connectivity index is 1.69. The number of rotatable bonds is 6. The van der Waals surface area contributed by atoms with Crippen LogP contribution < -0.4 is 5.32 Å². The fraction of sp³-hybridized carbons (Fsp3) is 0.556. The van der Waals surface area contributed by atoms with E-state index in [1.165, 1.54) is 0 Å². The Hall–Kier alpha value is -2.24. The van der Waals surface area contributed by atoms with Gasteiger partial charge in [0, 0.05) is 23.8 Å². The van der Waals surface area contributed by atoms with Gasteiger partial charge in [-0.05, 0) is 52.7 Å². The molecule has 0 bridgehead atoms. The lowest BCUT2D eigenvalue weighted by Crippen LogP contribution is -2.43. The van der Waals surface area contributed by atoms with Crippen LogP contribution in [0.2, 0.25) is 0 Å². The zero-order valence-corrected chi connectivity index (χ0v) is 14.8. The normalized spacial score (nSPS) is 16.9. The molecular formula is C18H26N4O2. The van der Waals surface area contributed by atoms with Crippen LogP contribution >= 0.6 is 0 Å². The van der Waals surface area contributed by atoms with Crippen molar-refractivity contribution in [2.24, 2.45) is 0 Å². The Morgan fingerprint density at radius 2 is 2.12 bits per heavy atom. The van der Waals surface area contributed by atoms with Gasteiger partial charge in [0.2, 0.25) is 0 Å². The monoisotopic (exact) mass is 330 g/mol. The van der Waals surface area contributed by atoms with Crippen LogP contribution in [0.15, 0.2) is 35.2 Å². The molecule has 2 atom stereocenters. The highest BCUT2D eigenvalue weighted by Crippen LogP contribution is 2.34. The number of carbonyl (C=O) groups excluding carboxylic acids is 1. The first kappa shape index (κ1) is 16.6. The van der Waals surface area contributed by atoms with E-state index < -0.39 is 0 Å². The van der Waals surface area contributed by atoms with E-state index in [9.17, 15) is 4.79 Å². The van der Waals surface area contributed by atoms with Crippen molar-refractivity contribution in [3.63, 3.8) is 0 Å². The van der Waals surface area contributed by atoms with Gasteiger partial charge in [-0.2, -0.15) is 5.10 Å². The minimum absolute atomic E-state index is 0.0498. The molecule has 6 nitrogen and oxygen atoms in total. The molecule has 2 aromatic rings. The first-order chi connectivity index (χ1) is 11.5. The molecular weight excluding hydrogens is 304 g/mol. The van der Waals surface area contributed by atoms with Gasteiger partial charge >= 0.3 is 6.03 Å². The molecule has 130 valence electrons. The zero-order chi connectivity index (χ0) is 17.3. The SMILES string of the molecule is CC(NC(=O)N(C1CC1)C(C)c1ccco1)c1cnn(C(C)C)c1. The van der Waals surface area contributed by atoms with E-state index in [-0.39, 0.29) is 18.1 Å². The first-order valence-corrected chi connectivity index (χ1v) is 8.63. The zero-order valence-electron chi connectivity index (χ0n) is 14.8.